The lowest BCUT2D eigenvalue weighted by atomic mass is 10.0. The van der Waals surface area contributed by atoms with Crippen LogP contribution in [0.25, 0.3) is 0 Å². The van der Waals surface area contributed by atoms with Crippen LogP contribution in [0.1, 0.15) is 39.5 Å². The highest BCUT2D eigenvalue weighted by Crippen LogP contribution is 2.43. The SMILES string of the molecule is CCCCC(CC)C(OP(=O)(O)O)[Si](C)(C)C. The van der Waals surface area contributed by atoms with Gasteiger partial charge in [0.2, 0.25) is 0 Å². The minimum atomic E-state index is -4.38. The Hall–Kier alpha value is 0.327. The second-order valence-electron chi connectivity index (χ2n) is 5.69. The molecule has 4 nitrogen and oxygen atoms in total. The van der Waals surface area contributed by atoms with Gasteiger partial charge in [0.1, 0.15) is 0 Å². The third-order valence-electron chi connectivity index (χ3n) is 2.99. The van der Waals surface area contributed by atoms with Crippen LogP contribution in [0.4, 0.5) is 0 Å². The van der Waals surface area contributed by atoms with Crippen molar-refractivity contribution in [2.45, 2.75) is 64.9 Å². The van der Waals surface area contributed by atoms with E-state index in [0.29, 0.717) is 0 Å². The van der Waals surface area contributed by atoms with Gasteiger partial charge < -0.3 is 9.79 Å². The summed E-state index contributed by atoms with van der Waals surface area (Å²) in [6.07, 6.45) is 4.09. The number of rotatable bonds is 8. The summed E-state index contributed by atoms with van der Waals surface area (Å²) in [7, 11) is -6.13. The summed E-state index contributed by atoms with van der Waals surface area (Å²) in [6.45, 7) is 10.5. The number of hydrogen-bond donors (Lipinski definition) is 2. The van der Waals surface area contributed by atoms with E-state index in [1.54, 1.807) is 0 Å². The van der Waals surface area contributed by atoms with E-state index in [0.717, 1.165) is 25.7 Å². The maximum Gasteiger partial charge on any atom is 0.469 e. The van der Waals surface area contributed by atoms with Crippen LogP contribution < -0.4 is 0 Å². The number of phosphoric ester groups is 1. The highest BCUT2D eigenvalue weighted by molar-refractivity contribution is 7.46. The molecule has 0 aromatic carbocycles. The first-order chi connectivity index (χ1) is 7.61. The molecule has 0 rings (SSSR count). The molecule has 2 atom stereocenters. The Morgan fingerprint density at radius 1 is 1.24 bits per heavy atom. The van der Waals surface area contributed by atoms with Gasteiger partial charge in [-0.2, -0.15) is 0 Å². The fourth-order valence-corrected chi connectivity index (χ4v) is 6.10. The van der Waals surface area contributed by atoms with Crippen LogP contribution in [-0.4, -0.2) is 23.6 Å². The Kier molecular flexibility index (Phi) is 7.18. The van der Waals surface area contributed by atoms with Crippen LogP contribution in [0.2, 0.25) is 19.6 Å². The molecule has 0 aliphatic rings. The van der Waals surface area contributed by atoms with Gasteiger partial charge in [0.15, 0.2) is 0 Å². The lowest BCUT2D eigenvalue weighted by Gasteiger charge is -2.35. The number of phosphoric acid groups is 1. The molecule has 0 radical (unpaired) electrons. The molecule has 17 heavy (non-hydrogen) atoms. The zero-order chi connectivity index (χ0) is 13.7. The average molecular weight is 282 g/mol. The van der Waals surface area contributed by atoms with Crippen LogP contribution >= 0.6 is 7.82 Å². The van der Waals surface area contributed by atoms with E-state index in [1.165, 1.54) is 0 Å². The summed E-state index contributed by atoms with van der Waals surface area (Å²) in [6, 6.07) is 0. The molecule has 0 spiro atoms. The highest BCUT2D eigenvalue weighted by Gasteiger charge is 2.38. The van der Waals surface area contributed by atoms with E-state index in [4.69, 9.17) is 14.3 Å². The molecule has 2 N–H and O–H groups in total. The van der Waals surface area contributed by atoms with Crippen LogP contribution in [0.5, 0.6) is 0 Å². The first kappa shape index (κ1) is 17.3. The standard InChI is InChI=1S/C11H27O4PSi/c1-6-8-9-10(7-2)11(17(3,4)5)15-16(12,13)14/h10-11H,6-9H2,1-5H3,(H2,12,13,14). The molecular weight excluding hydrogens is 255 g/mol. The van der Waals surface area contributed by atoms with Crippen molar-refractivity contribution in [3.63, 3.8) is 0 Å². The fourth-order valence-electron chi connectivity index (χ4n) is 2.14. The van der Waals surface area contributed by atoms with E-state index in [2.05, 4.69) is 33.5 Å². The maximum atomic E-state index is 11.1. The summed E-state index contributed by atoms with van der Waals surface area (Å²) >= 11 is 0. The van der Waals surface area contributed by atoms with E-state index >= 15 is 0 Å². The fraction of sp³-hybridized carbons (Fsp3) is 1.00. The Bertz CT molecular complexity index is 259. The summed E-state index contributed by atoms with van der Waals surface area (Å²) in [5.41, 5.74) is -0.264. The maximum absolute atomic E-state index is 11.1. The van der Waals surface area contributed by atoms with E-state index in [-0.39, 0.29) is 11.6 Å². The van der Waals surface area contributed by atoms with Crippen molar-refractivity contribution < 1.29 is 18.9 Å². The van der Waals surface area contributed by atoms with Crippen LogP contribution in [0.15, 0.2) is 0 Å². The monoisotopic (exact) mass is 282 g/mol. The molecule has 6 heteroatoms. The Balaban J connectivity index is 4.82. The average Bonchev–Trinajstić information content (AvgIpc) is 2.14. The Labute approximate surface area is 106 Å². The number of hydrogen-bond acceptors (Lipinski definition) is 2. The van der Waals surface area contributed by atoms with Gasteiger partial charge in [-0.15, -0.1) is 0 Å². The summed E-state index contributed by atoms with van der Waals surface area (Å²) in [5, 5.41) is 0. The minimum Gasteiger partial charge on any atom is -0.303 e. The molecule has 104 valence electrons. The first-order valence-electron chi connectivity index (χ1n) is 6.35. The zero-order valence-electron chi connectivity index (χ0n) is 11.6. The second kappa shape index (κ2) is 7.05. The lowest BCUT2D eigenvalue weighted by Crippen LogP contribution is -2.45. The molecule has 0 aliphatic carbocycles. The number of unbranched alkanes of at least 4 members (excludes halogenated alkanes) is 1. The highest BCUT2D eigenvalue weighted by atomic mass is 31.2. The normalized spacial score (nSPS) is 16.9. The third-order valence-corrected chi connectivity index (χ3v) is 5.98. The topological polar surface area (TPSA) is 66.8 Å². The Morgan fingerprint density at radius 3 is 2.06 bits per heavy atom. The molecule has 0 heterocycles. The predicted octanol–water partition coefficient (Wildman–Crippen LogP) is 3.56. The van der Waals surface area contributed by atoms with Gasteiger partial charge in [0.25, 0.3) is 0 Å². The molecular formula is C11H27O4PSi. The van der Waals surface area contributed by atoms with Crippen molar-refractivity contribution in [3.8, 4) is 0 Å². The van der Waals surface area contributed by atoms with Crippen molar-refractivity contribution in [2.75, 3.05) is 0 Å². The van der Waals surface area contributed by atoms with Gasteiger partial charge in [-0.05, 0) is 12.3 Å². The second-order valence-corrected chi connectivity index (χ2v) is 12.2. The van der Waals surface area contributed by atoms with Gasteiger partial charge in [-0.3, -0.25) is 4.52 Å². The first-order valence-corrected chi connectivity index (χ1v) is 11.5. The molecule has 0 fully saturated rings. The van der Waals surface area contributed by atoms with Crippen molar-refractivity contribution >= 4 is 15.9 Å². The molecule has 0 saturated heterocycles. The van der Waals surface area contributed by atoms with Crippen LogP contribution in [0, 0.1) is 5.92 Å². The largest absolute Gasteiger partial charge is 0.469 e. The molecule has 2 unspecified atom stereocenters. The minimum absolute atomic E-state index is 0.259. The lowest BCUT2D eigenvalue weighted by molar-refractivity contribution is 0.127. The smallest absolute Gasteiger partial charge is 0.303 e. The van der Waals surface area contributed by atoms with Crippen molar-refractivity contribution in [2.24, 2.45) is 5.92 Å². The Morgan fingerprint density at radius 2 is 1.76 bits per heavy atom. The van der Waals surface area contributed by atoms with E-state index in [9.17, 15) is 4.57 Å². The van der Waals surface area contributed by atoms with Gasteiger partial charge in [0.05, 0.1) is 13.8 Å². The van der Waals surface area contributed by atoms with Crippen molar-refractivity contribution in [1.29, 1.82) is 0 Å². The zero-order valence-corrected chi connectivity index (χ0v) is 13.5. The summed E-state index contributed by atoms with van der Waals surface area (Å²) in [5.74, 6) is 0.259. The van der Waals surface area contributed by atoms with Gasteiger partial charge >= 0.3 is 7.82 Å². The van der Waals surface area contributed by atoms with Crippen LogP contribution in [0.3, 0.4) is 0 Å². The quantitative estimate of drug-likeness (QED) is 0.527. The molecule has 0 aromatic heterocycles. The van der Waals surface area contributed by atoms with Crippen LogP contribution in [-0.2, 0) is 9.09 Å². The van der Waals surface area contributed by atoms with Crippen molar-refractivity contribution in [3.05, 3.63) is 0 Å². The summed E-state index contributed by atoms with van der Waals surface area (Å²) < 4.78 is 16.2. The van der Waals surface area contributed by atoms with E-state index < -0.39 is 15.9 Å². The van der Waals surface area contributed by atoms with Gasteiger partial charge in [-0.1, -0.05) is 52.8 Å². The predicted molar refractivity (Wildman–Crippen MR) is 73.6 cm³/mol. The molecule has 0 bridgehead atoms. The van der Waals surface area contributed by atoms with Gasteiger partial charge in [0, 0.05) is 0 Å². The summed E-state index contributed by atoms with van der Waals surface area (Å²) in [4.78, 5) is 18.1. The van der Waals surface area contributed by atoms with Crippen molar-refractivity contribution in [1.82, 2.24) is 0 Å². The van der Waals surface area contributed by atoms with E-state index in [1.807, 2.05) is 0 Å². The molecule has 0 amide bonds. The third kappa shape index (κ3) is 7.37. The van der Waals surface area contributed by atoms with Gasteiger partial charge in [-0.25, -0.2) is 4.57 Å². The molecule has 0 saturated carbocycles. The molecule has 0 aromatic rings. The molecule has 0 aliphatic heterocycles.